The Morgan fingerprint density at radius 1 is 0.486 bits per heavy atom. The highest BCUT2D eigenvalue weighted by Gasteiger charge is 2.36. The first-order chi connectivity index (χ1) is 17.1. The predicted molar refractivity (Wildman–Crippen MR) is 153 cm³/mol. The molecular weight excluding hydrogens is 460 g/mol. The lowest BCUT2D eigenvalue weighted by atomic mass is 9.67. The van der Waals surface area contributed by atoms with Crippen LogP contribution in [0.3, 0.4) is 0 Å². The molecule has 0 nitrogen and oxygen atoms in total. The minimum absolute atomic E-state index is 0.0805. The number of thiophene rings is 2. The second kappa shape index (κ2) is 6.81. The molecule has 0 radical (unpaired) electrons. The SMILES string of the molecule is CC1(C)c2cc(-c3cscc3-c3ccsc3)ccc2-c2ccc3c4c(ccc1c24)-c1ccccc1-3. The molecule has 0 spiro atoms. The highest BCUT2D eigenvalue weighted by molar-refractivity contribution is 7.09. The van der Waals surface area contributed by atoms with Crippen LogP contribution < -0.4 is 0 Å². The molecule has 2 aliphatic rings. The fourth-order valence-electron chi connectivity index (χ4n) is 6.41. The van der Waals surface area contributed by atoms with Gasteiger partial charge in [-0.3, -0.25) is 0 Å². The standard InChI is InChI=1S/C33H22S2/c1-33(2)29-12-11-25-22-6-4-3-5-21(22)24-9-10-26(32(29)31(24)25)23-8-7-19(15-30(23)33)27-17-35-18-28(27)20-13-14-34-16-20/h3-18H,1-2H3. The van der Waals surface area contributed by atoms with Gasteiger partial charge in [-0.2, -0.15) is 22.7 Å². The number of hydrogen-bond acceptors (Lipinski definition) is 2. The molecule has 2 aromatic heterocycles. The van der Waals surface area contributed by atoms with Crippen LogP contribution in [0.2, 0.25) is 0 Å². The van der Waals surface area contributed by atoms with E-state index in [1.165, 1.54) is 77.5 Å². The molecule has 0 atom stereocenters. The molecule has 2 aliphatic carbocycles. The van der Waals surface area contributed by atoms with Crippen molar-refractivity contribution in [3.05, 3.63) is 105 Å². The predicted octanol–water partition coefficient (Wildman–Crippen LogP) is 10.3. The van der Waals surface area contributed by atoms with Crippen molar-refractivity contribution in [1.82, 2.24) is 0 Å². The van der Waals surface area contributed by atoms with Gasteiger partial charge in [0.2, 0.25) is 0 Å². The van der Waals surface area contributed by atoms with Crippen LogP contribution in [-0.2, 0) is 5.41 Å². The van der Waals surface area contributed by atoms with Crippen molar-refractivity contribution in [2.24, 2.45) is 0 Å². The van der Waals surface area contributed by atoms with E-state index < -0.39 is 0 Å². The highest BCUT2D eigenvalue weighted by Crippen LogP contribution is 2.56. The van der Waals surface area contributed by atoms with Crippen molar-refractivity contribution in [3.8, 4) is 55.6 Å². The second-order valence-corrected chi connectivity index (χ2v) is 11.7. The van der Waals surface area contributed by atoms with Crippen LogP contribution in [0.1, 0.15) is 25.0 Å². The minimum atomic E-state index is -0.0805. The van der Waals surface area contributed by atoms with E-state index in [2.05, 4.69) is 108 Å². The molecular formula is C33H22S2. The van der Waals surface area contributed by atoms with Crippen molar-refractivity contribution in [3.63, 3.8) is 0 Å². The maximum absolute atomic E-state index is 2.46. The summed E-state index contributed by atoms with van der Waals surface area (Å²) in [5.74, 6) is 0. The molecule has 0 saturated heterocycles. The van der Waals surface area contributed by atoms with E-state index in [0.717, 1.165) is 0 Å². The van der Waals surface area contributed by atoms with Crippen LogP contribution in [-0.4, -0.2) is 0 Å². The molecule has 35 heavy (non-hydrogen) atoms. The molecule has 0 unspecified atom stereocenters. The summed E-state index contributed by atoms with van der Waals surface area (Å²) < 4.78 is 0. The summed E-state index contributed by atoms with van der Waals surface area (Å²) in [7, 11) is 0. The third-order valence-electron chi connectivity index (χ3n) is 8.13. The molecule has 0 fully saturated rings. The first kappa shape index (κ1) is 19.8. The lowest BCUT2D eigenvalue weighted by molar-refractivity contribution is 0.645. The van der Waals surface area contributed by atoms with Crippen molar-refractivity contribution < 1.29 is 0 Å². The maximum atomic E-state index is 2.46. The number of hydrogen-bond donors (Lipinski definition) is 0. The molecule has 166 valence electrons. The topological polar surface area (TPSA) is 0 Å². The van der Waals surface area contributed by atoms with Gasteiger partial charge >= 0.3 is 0 Å². The first-order valence-electron chi connectivity index (χ1n) is 12.1. The third kappa shape index (κ3) is 2.51. The van der Waals surface area contributed by atoms with Crippen LogP contribution in [0.25, 0.3) is 66.4 Å². The Balaban J connectivity index is 1.39. The number of benzene rings is 4. The Morgan fingerprint density at radius 3 is 1.86 bits per heavy atom. The first-order valence-corrected chi connectivity index (χ1v) is 14.0. The third-order valence-corrected chi connectivity index (χ3v) is 9.56. The van der Waals surface area contributed by atoms with Gasteiger partial charge in [-0.1, -0.05) is 74.5 Å². The zero-order valence-corrected chi connectivity index (χ0v) is 21.2. The fourth-order valence-corrected chi connectivity index (χ4v) is 7.94. The summed E-state index contributed by atoms with van der Waals surface area (Å²) in [6.45, 7) is 4.80. The molecule has 6 aromatic rings. The van der Waals surface area contributed by atoms with Crippen LogP contribution in [0.4, 0.5) is 0 Å². The van der Waals surface area contributed by atoms with Crippen LogP contribution in [0.5, 0.6) is 0 Å². The van der Waals surface area contributed by atoms with Crippen molar-refractivity contribution in [2.45, 2.75) is 19.3 Å². The Morgan fingerprint density at radius 2 is 1.14 bits per heavy atom. The van der Waals surface area contributed by atoms with Crippen molar-refractivity contribution in [1.29, 1.82) is 0 Å². The summed E-state index contributed by atoms with van der Waals surface area (Å²) in [4.78, 5) is 0. The summed E-state index contributed by atoms with van der Waals surface area (Å²) >= 11 is 3.55. The second-order valence-electron chi connectivity index (χ2n) is 10.2. The van der Waals surface area contributed by atoms with Gasteiger partial charge in [-0.25, -0.2) is 0 Å². The average molecular weight is 483 g/mol. The van der Waals surface area contributed by atoms with Gasteiger partial charge in [-0.05, 0) is 100 Å². The van der Waals surface area contributed by atoms with Gasteiger partial charge in [0.25, 0.3) is 0 Å². The number of rotatable bonds is 2. The average Bonchev–Trinajstić information content (AvgIpc) is 3.64. The molecule has 8 rings (SSSR count). The van der Waals surface area contributed by atoms with E-state index in [1.54, 1.807) is 22.7 Å². The summed E-state index contributed by atoms with van der Waals surface area (Å²) in [6, 6.07) is 27.7. The monoisotopic (exact) mass is 482 g/mol. The molecule has 0 aliphatic heterocycles. The van der Waals surface area contributed by atoms with Crippen LogP contribution in [0, 0.1) is 0 Å². The van der Waals surface area contributed by atoms with Gasteiger partial charge in [-0.15, -0.1) is 0 Å². The minimum Gasteiger partial charge on any atom is -0.152 e. The molecule has 0 amide bonds. The van der Waals surface area contributed by atoms with Crippen molar-refractivity contribution in [2.75, 3.05) is 0 Å². The largest absolute Gasteiger partial charge is 0.152 e. The van der Waals surface area contributed by atoms with Gasteiger partial charge in [0.15, 0.2) is 0 Å². The van der Waals surface area contributed by atoms with E-state index >= 15 is 0 Å². The van der Waals surface area contributed by atoms with Crippen LogP contribution >= 0.6 is 22.7 Å². The maximum Gasteiger partial charge on any atom is 0.0159 e. The molecule has 2 heteroatoms. The quantitative estimate of drug-likeness (QED) is 0.230. The van der Waals surface area contributed by atoms with Gasteiger partial charge in [0.05, 0.1) is 0 Å². The van der Waals surface area contributed by atoms with Gasteiger partial charge in [0.1, 0.15) is 0 Å². The zero-order chi connectivity index (χ0) is 23.3. The van der Waals surface area contributed by atoms with Crippen LogP contribution in [0.15, 0.2) is 94.3 Å². The van der Waals surface area contributed by atoms with Crippen molar-refractivity contribution >= 4 is 33.4 Å². The summed E-state index contributed by atoms with van der Waals surface area (Å²) in [6.07, 6.45) is 0. The zero-order valence-electron chi connectivity index (χ0n) is 19.6. The number of fused-ring (bicyclic) bond motifs is 5. The molecule has 2 heterocycles. The van der Waals surface area contributed by atoms with E-state index in [-0.39, 0.29) is 5.41 Å². The molecule has 0 saturated carbocycles. The fraction of sp³-hybridized carbons (Fsp3) is 0.0909. The molecule has 4 aromatic carbocycles. The van der Waals surface area contributed by atoms with E-state index in [4.69, 9.17) is 0 Å². The van der Waals surface area contributed by atoms with E-state index in [1.807, 2.05) is 0 Å². The van der Waals surface area contributed by atoms with Gasteiger partial charge in [0, 0.05) is 16.5 Å². The summed E-state index contributed by atoms with van der Waals surface area (Å²) in [5, 5.41) is 11.9. The Hall–Kier alpha value is -3.46. The Bertz CT molecular complexity index is 1780. The highest BCUT2D eigenvalue weighted by atomic mass is 32.1. The van der Waals surface area contributed by atoms with Gasteiger partial charge < -0.3 is 0 Å². The normalized spacial score (nSPS) is 14.2. The lowest BCUT2D eigenvalue weighted by Gasteiger charge is -2.36. The van der Waals surface area contributed by atoms with E-state index in [9.17, 15) is 0 Å². The Kier molecular flexibility index (Phi) is 3.86. The van der Waals surface area contributed by atoms with E-state index in [0.29, 0.717) is 0 Å². The Labute approximate surface area is 213 Å². The molecule has 0 N–H and O–H groups in total. The molecule has 0 bridgehead atoms. The summed E-state index contributed by atoms with van der Waals surface area (Å²) in [5.41, 5.74) is 16.3. The lowest BCUT2D eigenvalue weighted by Crippen LogP contribution is -2.23. The smallest absolute Gasteiger partial charge is 0.0159 e.